The SMILES string of the molecule is CCC(C)(CCNC(=O)Cn1ccnc1)c1ccccc1OC. The number of benzene rings is 1. The third-order valence-corrected chi connectivity index (χ3v) is 4.42. The van der Waals surface area contributed by atoms with Crippen molar-refractivity contribution in [3.05, 3.63) is 48.5 Å². The largest absolute Gasteiger partial charge is 0.496 e. The predicted octanol–water partition coefficient (Wildman–Crippen LogP) is 2.77. The van der Waals surface area contributed by atoms with Gasteiger partial charge in [0.25, 0.3) is 0 Å². The molecule has 0 saturated heterocycles. The molecule has 0 spiro atoms. The Morgan fingerprint density at radius 3 is 2.83 bits per heavy atom. The number of methoxy groups -OCH3 is 1. The minimum Gasteiger partial charge on any atom is -0.496 e. The summed E-state index contributed by atoms with van der Waals surface area (Å²) in [4.78, 5) is 15.9. The van der Waals surface area contributed by atoms with Gasteiger partial charge in [0.15, 0.2) is 0 Å². The van der Waals surface area contributed by atoms with Crippen LogP contribution in [-0.2, 0) is 16.8 Å². The zero-order valence-corrected chi connectivity index (χ0v) is 14.1. The maximum atomic E-state index is 12.0. The van der Waals surface area contributed by atoms with Crippen LogP contribution in [0.1, 0.15) is 32.3 Å². The Morgan fingerprint density at radius 1 is 1.39 bits per heavy atom. The van der Waals surface area contributed by atoms with Crippen LogP contribution in [0.3, 0.4) is 0 Å². The topological polar surface area (TPSA) is 56.2 Å². The minimum atomic E-state index is -0.0328. The summed E-state index contributed by atoms with van der Waals surface area (Å²) in [7, 11) is 1.70. The van der Waals surface area contributed by atoms with E-state index in [1.165, 1.54) is 5.56 Å². The highest BCUT2D eigenvalue weighted by atomic mass is 16.5. The number of para-hydroxylation sites is 1. The van der Waals surface area contributed by atoms with Crippen molar-refractivity contribution in [2.24, 2.45) is 0 Å². The molecule has 0 aliphatic carbocycles. The number of rotatable bonds is 8. The van der Waals surface area contributed by atoms with Gasteiger partial charge in [-0.2, -0.15) is 0 Å². The molecule has 1 aromatic carbocycles. The Balaban J connectivity index is 1.94. The number of carbonyl (C=O) groups is 1. The molecule has 1 N–H and O–H groups in total. The number of hydrogen-bond acceptors (Lipinski definition) is 3. The van der Waals surface area contributed by atoms with Gasteiger partial charge >= 0.3 is 0 Å². The zero-order chi connectivity index (χ0) is 16.7. The highest BCUT2D eigenvalue weighted by Gasteiger charge is 2.27. The van der Waals surface area contributed by atoms with Gasteiger partial charge in [0, 0.05) is 24.5 Å². The molecular formula is C18H25N3O2. The van der Waals surface area contributed by atoms with E-state index in [2.05, 4.69) is 30.2 Å². The van der Waals surface area contributed by atoms with Gasteiger partial charge in [-0.3, -0.25) is 4.79 Å². The Labute approximate surface area is 137 Å². The number of imidazole rings is 1. The van der Waals surface area contributed by atoms with Crippen molar-refractivity contribution in [1.29, 1.82) is 0 Å². The van der Waals surface area contributed by atoms with Gasteiger partial charge in [0.2, 0.25) is 5.91 Å². The molecule has 1 unspecified atom stereocenters. The van der Waals surface area contributed by atoms with Crippen molar-refractivity contribution in [1.82, 2.24) is 14.9 Å². The molecule has 2 rings (SSSR count). The van der Waals surface area contributed by atoms with E-state index in [0.717, 1.165) is 18.6 Å². The number of carbonyl (C=O) groups excluding carboxylic acids is 1. The van der Waals surface area contributed by atoms with E-state index >= 15 is 0 Å². The summed E-state index contributed by atoms with van der Waals surface area (Å²) < 4.78 is 7.25. The van der Waals surface area contributed by atoms with Crippen LogP contribution in [0, 0.1) is 0 Å². The van der Waals surface area contributed by atoms with Crippen LogP contribution in [0.15, 0.2) is 43.0 Å². The van der Waals surface area contributed by atoms with E-state index in [1.807, 2.05) is 18.2 Å². The van der Waals surface area contributed by atoms with E-state index in [4.69, 9.17) is 4.74 Å². The summed E-state index contributed by atoms with van der Waals surface area (Å²) in [6.45, 7) is 5.32. The molecule has 2 aromatic rings. The van der Waals surface area contributed by atoms with Crippen LogP contribution >= 0.6 is 0 Å². The van der Waals surface area contributed by atoms with Crippen molar-refractivity contribution < 1.29 is 9.53 Å². The van der Waals surface area contributed by atoms with Crippen molar-refractivity contribution in [3.63, 3.8) is 0 Å². The molecule has 0 aliphatic heterocycles. The molecule has 5 nitrogen and oxygen atoms in total. The highest BCUT2D eigenvalue weighted by Crippen LogP contribution is 2.36. The van der Waals surface area contributed by atoms with E-state index in [0.29, 0.717) is 13.1 Å². The Kier molecular flexibility index (Phi) is 5.79. The van der Waals surface area contributed by atoms with Crippen molar-refractivity contribution in [2.75, 3.05) is 13.7 Å². The molecule has 5 heteroatoms. The maximum absolute atomic E-state index is 12.0. The van der Waals surface area contributed by atoms with Crippen LogP contribution in [-0.4, -0.2) is 29.1 Å². The quantitative estimate of drug-likeness (QED) is 0.815. The lowest BCUT2D eigenvalue weighted by molar-refractivity contribution is -0.121. The molecule has 0 radical (unpaired) electrons. The zero-order valence-electron chi connectivity index (χ0n) is 14.1. The first-order valence-electron chi connectivity index (χ1n) is 7.95. The molecule has 0 aliphatic rings. The third kappa shape index (κ3) is 4.34. The second kappa shape index (κ2) is 7.81. The van der Waals surface area contributed by atoms with Gasteiger partial charge in [0.05, 0.1) is 13.4 Å². The summed E-state index contributed by atoms with van der Waals surface area (Å²) in [5.74, 6) is 0.906. The molecule has 124 valence electrons. The standard InChI is InChI=1S/C18H25N3O2/c1-4-18(2,15-7-5-6-8-16(15)23-3)9-10-20-17(22)13-21-12-11-19-14-21/h5-8,11-12,14H,4,9-10,13H2,1-3H3,(H,20,22). The smallest absolute Gasteiger partial charge is 0.239 e. The van der Waals surface area contributed by atoms with E-state index in [1.54, 1.807) is 30.4 Å². The van der Waals surface area contributed by atoms with Crippen LogP contribution in [0.2, 0.25) is 0 Å². The average Bonchev–Trinajstić information content (AvgIpc) is 3.07. The molecule has 0 fully saturated rings. The van der Waals surface area contributed by atoms with Gasteiger partial charge in [-0.1, -0.05) is 32.0 Å². The lowest BCUT2D eigenvalue weighted by Gasteiger charge is -2.30. The molecule has 1 amide bonds. The fourth-order valence-corrected chi connectivity index (χ4v) is 2.72. The third-order valence-electron chi connectivity index (χ3n) is 4.42. The number of aromatic nitrogens is 2. The highest BCUT2D eigenvalue weighted by molar-refractivity contribution is 5.75. The van der Waals surface area contributed by atoms with Gasteiger partial charge < -0.3 is 14.6 Å². The molecular weight excluding hydrogens is 290 g/mol. The molecule has 0 saturated carbocycles. The Morgan fingerprint density at radius 2 is 2.17 bits per heavy atom. The Hall–Kier alpha value is -2.30. The number of hydrogen-bond donors (Lipinski definition) is 1. The first-order valence-corrected chi connectivity index (χ1v) is 7.95. The Bertz CT molecular complexity index is 625. The average molecular weight is 315 g/mol. The van der Waals surface area contributed by atoms with Crippen molar-refractivity contribution >= 4 is 5.91 Å². The van der Waals surface area contributed by atoms with Crippen LogP contribution in [0.5, 0.6) is 5.75 Å². The normalized spacial score (nSPS) is 13.3. The van der Waals surface area contributed by atoms with E-state index in [-0.39, 0.29) is 11.3 Å². The summed E-state index contributed by atoms with van der Waals surface area (Å²) in [6, 6.07) is 8.10. The fraction of sp³-hybridized carbons (Fsp3) is 0.444. The number of nitrogens with zero attached hydrogens (tertiary/aromatic N) is 2. The summed E-state index contributed by atoms with van der Waals surface area (Å²) in [5.41, 5.74) is 1.16. The van der Waals surface area contributed by atoms with Crippen LogP contribution in [0.4, 0.5) is 0 Å². The van der Waals surface area contributed by atoms with E-state index < -0.39 is 0 Å². The van der Waals surface area contributed by atoms with Gasteiger partial charge in [-0.15, -0.1) is 0 Å². The maximum Gasteiger partial charge on any atom is 0.239 e. The number of nitrogens with one attached hydrogen (secondary N) is 1. The van der Waals surface area contributed by atoms with Gasteiger partial charge in [-0.05, 0) is 24.3 Å². The van der Waals surface area contributed by atoms with Crippen molar-refractivity contribution in [3.8, 4) is 5.75 Å². The summed E-state index contributed by atoms with van der Waals surface area (Å²) >= 11 is 0. The molecule has 1 atom stereocenters. The monoisotopic (exact) mass is 315 g/mol. The lowest BCUT2D eigenvalue weighted by Crippen LogP contribution is -2.33. The first kappa shape index (κ1) is 17.1. The minimum absolute atomic E-state index is 0.00137. The summed E-state index contributed by atoms with van der Waals surface area (Å²) in [6.07, 6.45) is 6.93. The fourth-order valence-electron chi connectivity index (χ4n) is 2.72. The molecule has 23 heavy (non-hydrogen) atoms. The second-order valence-corrected chi connectivity index (χ2v) is 5.95. The number of amides is 1. The first-order chi connectivity index (χ1) is 11.1. The second-order valence-electron chi connectivity index (χ2n) is 5.95. The van der Waals surface area contributed by atoms with Crippen LogP contribution in [0.25, 0.3) is 0 Å². The molecule has 0 bridgehead atoms. The van der Waals surface area contributed by atoms with Crippen LogP contribution < -0.4 is 10.1 Å². The molecule has 1 aromatic heterocycles. The van der Waals surface area contributed by atoms with Gasteiger partial charge in [-0.25, -0.2) is 4.98 Å². The lowest BCUT2D eigenvalue weighted by atomic mass is 9.77. The van der Waals surface area contributed by atoms with E-state index in [9.17, 15) is 4.79 Å². The predicted molar refractivity (Wildman–Crippen MR) is 90.5 cm³/mol. The van der Waals surface area contributed by atoms with Crippen molar-refractivity contribution in [2.45, 2.75) is 38.6 Å². The van der Waals surface area contributed by atoms with Gasteiger partial charge in [0.1, 0.15) is 12.3 Å². The number of ether oxygens (including phenoxy) is 1. The molecule has 1 heterocycles. The summed E-state index contributed by atoms with van der Waals surface area (Å²) in [5, 5.41) is 2.99.